The van der Waals surface area contributed by atoms with Crippen LogP contribution < -0.4 is 0 Å². The van der Waals surface area contributed by atoms with Crippen molar-refractivity contribution >= 4 is 17.6 Å². The Morgan fingerprint density at radius 3 is 2.94 bits per heavy atom. The molecule has 0 aromatic carbocycles. The van der Waals surface area contributed by atoms with Gasteiger partial charge >= 0.3 is 5.97 Å². The van der Waals surface area contributed by atoms with Crippen molar-refractivity contribution in [2.24, 2.45) is 0 Å². The zero-order chi connectivity index (χ0) is 11.5. The third-order valence-corrected chi connectivity index (χ3v) is 2.42. The summed E-state index contributed by atoms with van der Waals surface area (Å²) in [7, 11) is 0. The quantitative estimate of drug-likeness (QED) is 0.884. The van der Waals surface area contributed by atoms with E-state index >= 15 is 0 Å². The molecule has 0 saturated carbocycles. The minimum Gasteiger partial charge on any atom is -0.477 e. The lowest BCUT2D eigenvalue weighted by atomic mass is 10.4. The number of hydrogen-bond donors (Lipinski definition) is 1. The zero-order valence-corrected chi connectivity index (χ0v) is 9.13. The Kier molecular flexibility index (Phi) is 2.96. The molecule has 0 amide bonds. The van der Waals surface area contributed by atoms with Crippen LogP contribution >= 0.6 is 11.6 Å². The second kappa shape index (κ2) is 4.40. The first-order chi connectivity index (χ1) is 7.66. The number of rotatable bonds is 4. The van der Waals surface area contributed by atoms with Gasteiger partial charge in [0, 0.05) is 25.1 Å². The number of aromatic carboxylic acids is 1. The van der Waals surface area contributed by atoms with Crippen molar-refractivity contribution in [3.05, 3.63) is 41.4 Å². The van der Waals surface area contributed by atoms with Gasteiger partial charge in [0.15, 0.2) is 0 Å². The third kappa shape index (κ3) is 2.25. The number of carboxylic acids is 1. The first-order valence-electron chi connectivity index (χ1n) is 4.73. The van der Waals surface area contributed by atoms with Gasteiger partial charge in [-0.3, -0.25) is 4.68 Å². The number of hydrogen-bond acceptors (Lipinski definition) is 2. The number of aromatic nitrogens is 3. The summed E-state index contributed by atoms with van der Waals surface area (Å²) in [5.74, 6) is -0.979. The lowest BCUT2D eigenvalue weighted by Crippen LogP contribution is -2.12. The van der Waals surface area contributed by atoms with Crippen LogP contribution in [0.15, 0.2) is 30.7 Å². The molecule has 0 fully saturated rings. The Bertz CT molecular complexity index is 490. The van der Waals surface area contributed by atoms with Crippen molar-refractivity contribution in [1.82, 2.24) is 14.3 Å². The summed E-state index contributed by atoms with van der Waals surface area (Å²) in [4.78, 5) is 10.9. The molecule has 0 atom stereocenters. The Morgan fingerprint density at radius 1 is 1.50 bits per heavy atom. The van der Waals surface area contributed by atoms with Crippen LogP contribution in [0.4, 0.5) is 0 Å². The molecule has 2 aromatic heterocycles. The monoisotopic (exact) mass is 239 g/mol. The Balaban J connectivity index is 2.12. The molecule has 0 bridgehead atoms. The van der Waals surface area contributed by atoms with Crippen molar-refractivity contribution in [3.8, 4) is 0 Å². The van der Waals surface area contributed by atoms with Crippen LogP contribution in [-0.2, 0) is 13.1 Å². The van der Waals surface area contributed by atoms with Crippen LogP contribution in [0.5, 0.6) is 0 Å². The molecular formula is C10H10ClN3O2. The number of aryl methyl sites for hydroxylation is 2. The number of nitrogens with zero attached hydrogens (tertiary/aromatic N) is 3. The van der Waals surface area contributed by atoms with E-state index in [1.807, 2.05) is 12.3 Å². The highest BCUT2D eigenvalue weighted by Gasteiger charge is 2.11. The molecule has 0 saturated heterocycles. The van der Waals surface area contributed by atoms with Crippen molar-refractivity contribution in [2.45, 2.75) is 13.1 Å². The van der Waals surface area contributed by atoms with Gasteiger partial charge in [0.1, 0.15) is 5.69 Å². The van der Waals surface area contributed by atoms with Crippen LogP contribution in [0.1, 0.15) is 10.5 Å². The Labute approximate surface area is 96.9 Å². The fourth-order valence-corrected chi connectivity index (χ4v) is 1.70. The maximum absolute atomic E-state index is 10.9. The number of carbonyl (C=O) groups is 1. The van der Waals surface area contributed by atoms with Gasteiger partial charge < -0.3 is 9.67 Å². The summed E-state index contributed by atoms with van der Waals surface area (Å²) < 4.78 is 3.34. The maximum atomic E-state index is 10.9. The van der Waals surface area contributed by atoms with E-state index in [9.17, 15) is 4.79 Å². The highest BCUT2D eigenvalue weighted by atomic mass is 35.5. The summed E-state index contributed by atoms with van der Waals surface area (Å²) in [6.07, 6.45) is 5.11. The fraction of sp³-hybridized carbons (Fsp3) is 0.200. The summed E-state index contributed by atoms with van der Waals surface area (Å²) in [6.45, 7) is 1.13. The smallest absolute Gasteiger partial charge is 0.352 e. The van der Waals surface area contributed by atoms with E-state index in [0.717, 1.165) is 0 Å². The van der Waals surface area contributed by atoms with Crippen LogP contribution in [-0.4, -0.2) is 25.4 Å². The second-order valence-corrected chi connectivity index (χ2v) is 3.75. The van der Waals surface area contributed by atoms with Gasteiger partial charge in [-0.2, -0.15) is 5.10 Å². The van der Waals surface area contributed by atoms with Gasteiger partial charge in [0.25, 0.3) is 0 Å². The lowest BCUT2D eigenvalue weighted by molar-refractivity contribution is 0.0684. The summed E-state index contributed by atoms with van der Waals surface area (Å²) in [5, 5.41) is 13.4. The predicted octanol–water partition coefficient (Wildman–Crippen LogP) is 1.74. The molecule has 0 radical (unpaired) electrons. The van der Waals surface area contributed by atoms with Crippen molar-refractivity contribution in [2.75, 3.05) is 0 Å². The SMILES string of the molecule is O=C(O)c1cc(Cl)cn1CCn1cccn1. The summed E-state index contributed by atoms with van der Waals surface area (Å²) >= 11 is 5.76. The zero-order valence-electron chi connectivity index (χ0n) is 8.38. The molecule has 5 nitrogen and oxygen atoms in total. The van der Waals surface area contributed by atoms with Gasteiger partial charge in [-0.25, -0.2) is 4.79 Å². The van der Waals surface area contributed by atoms with Gasteiger partial charge in [-0.1, -0.05) is 11.6 Å². The summed E-state index contributed by atoms with van der Waals surface area (Å²) in [5.41, 5.74) is 0.192. The minimum absolute atomic E-state index is 0.192. The highest BCUT2D eigenvalue weighted by molar-refractivity contribution is 6.30. The molecule has 16 heavy (non-hydrogen) atoms. The van der Waals surface area contributed by atoms with E-state index in [1.54, 1.807) is 21.6 Å². The third-order valence-electron chi connectivity index (χ3n) is 2.21. The van der Waals surface area contributed by atoms with E-state index in [-0.39, 0.29) is 5.69 Å². The predicted molar refractivity (Wildman–Crippen MR) is 58.6 cm³/mol. The Hall–Kier alpha value is -1.75. The molecular weight excluding hydrogens is 230 g/mol. The average Bonchev–Trinajstić information content (AvgIpc) is 2.83. The molecule has 84 valence electrons. The van der Waals surface area contributed by atoms with E-state index in [0.29, 0.717) is 18.1 Å². The van der Waals surface area contributed by atoms with Crippen LogP contribution in [0.2, 0.25) is 5.02 Å². The van der Waals surface area contributed by atoms with Crippen LogP contribution in [0, 0.1) is 0 Å². The van der Waals surface area contributed by atoms with Gasteiger partial charge in [-0.05, 0) is 12.1 Å². The first kappa shape index (κ1) is 10.8. The van der Waals surface area contributed by atoms with E-state index in [1.165, 1.54) is 6.07 Å². The lowest BCUT2D eigenvalue weighted by Gasteiger charge is -2.05. The van der Waals surface area contributed by atoms with E-state index in [4.69, 9.17) is 16.7 Å². The largest absolute Gasteiger partial charge is 0.477 e. The second-order valence-electron chi connectivity index (χ2n) is 3.31. The average molecular weight is 240 g/mol. The Morgan fingerprint density at radius 2 is 2.31 bits per heavy atom. The molecule has 1 N–H and O–H groups in total. The molecule has 0 aliphatic heterocycles. The summed E-state index contributed by atoms with van der Waals surface area (Å²) in [6, 6.07) is 3.26. The van der Waals surface area contributed by atoms with E-state index < -0.39 is 5.97 Å². The first-order valence-corrected chi connectivity index (χ1v) is 5.11. The molecule has 6 heteroatoms. The van der Waals surface area contributed by atoms with Crippen molar-refractivity contribution in [1.29, 1.82) is 0 Å². The highest BCUT2D eigenvalue weighted by Crippen LogP contribution is 2.14. The molecule has 0 aliphatic carbocycles. The number of carboxylic acid groups (broad SMARTS) is 1. The van der Waals surface area contributed by atoms with Crippen LogP contribution in [0.25, 0.3) is 0 Å². The molecule has 2 heterocycles. The van der Waals surface area contributed by atoms with Gasteiger partial charge in [0.05, 0.1) is 11.6 Å². The molecule has 0 aliphatic rings. The number of halogens is 1. The van der Waals surface area contributed by atoms with Crippen LogP contribution in [0.3, 0.4) is 0 Å². The van der Waals surface area contributed by atoms with Crippen molar-refractivity contribution in [3.63, 3.8) is 0 Å². The maximum Gasteiger partial charge on any atom is 0.352 e. The molecule has 0 unspecified atom stereocenters. The van der Waals surface area contributed by atoms with Gasteiger partial charge in [0.2, 0.25) is 0 Å². The topological polar surface area (TPSA) is 60.0 Å². The minimum atomic E-state index is -0.979. The standard InChI is InChI=1S/C10H10ClN3O2/c11-8-6-9(10(15)16)13(7-8)4-5-14-3-1-2-12-14/h1-3,6-7H,4-5H2,(H,15,16). The molecule has 2 rings (SSSR count). The van der Waals surface area contributed by atoms with E-state index in [2.05, 4.69) is 5.10 Å². The van der Waals surface area contributed by atoms with Gasteiger partial charge in [-0.15, -0.1) is 0 Å². The fourth-order valence-electron chi connectivity index (χ4n) is 1.48. The molecule has 2 aromatic rings. The van der Waals surface area contributed by atoms with Crippen molar-refractivity contribution < 1.29 is 9.90 Å². The normalized spacial score (nSPS) is 10.6. The molecule has 0 spiro atoms.